The first-order valence-corrected chi connectivity index (χ1v) is 3.16. The summed E-state index contributed by atoms with van der Waals surface area (Å²) in [6.45, 7) is 3.67. The Labute approximate surface area is 65.4 Å². The highest BCUT2D eigenvalue weighted by atomic mass is 16.5. The van der Waals surface area contributed by atoms with Crippen LogP contribution in [0, 0.1) is 0 Å². The summed E-state index contributed by atoms with van der Waals surface area (Å²) < 4.78 is 9.47. The fraction of sp³-hybridized carbons (Fsp3) is 0.571. The minimum absolute atomic E-state index is 0.0587. The molecule has 0 aromatic rings. The van der Waals surface area contributed by atoms with Gasteiger partial charge < -0.3 is 14.6 Å². The normalized spacial score (nSPS) is 12.5. The van der Waals surface area contributed by atoms with Gasteiger partial charge in [0.05, 0.1) is 13.2 Å². The first-order valence-electron chi connectivity index (χ1n) is 3.16. The lowest BCUT2D eigenvalue weighted by molar-refractivity contribution is -0.152. The summed E-state index contributed by atoms with van der Waals surface area (Å²) in [6, 6.07) is 0. The van der Waals surface area contributed by atoms with Crippen molar-refractivity contribution in [2.24, 2.45) is 0 Å². The van der Waals surface area contributed by atoms with Crippen LogP contribution >= 0.6 is 0 Å². The molecule has 0 aliphatic heterocycles. The molecule has 0 heterocycles. The fourth-order valence-corrected chi connectivity index (χ4v) is 0.526. The number of hydrogen-bond acceptors (Lipinski definition) is 3. The van der Waals surface area contributed by atoms with Gasteiger partial charge in [0.1, 0.15) is 0 Å². The van der Waals surface area contributed by atoms with Crippen molar-refractivity contribution in [2.45, 2.75) is 6.10 Å². The molecule has 0 aliphatic carbocycles. The van der Waals surface area contributed by atoms with E-state index >= 15 is 0 Å². The van der Waals surface area contributed by atoms with Crippen molar-refractivity contribution in [1.82, 2.24) is 0 Å². The topological polar surface area (TPSA) is 55.8 Å². The van der Waals surface area contributed by atoms with Crippen molar-refractivity contribution >= 4 is 5.97 Å². The lowest BCUT2D eigenvalue weighted by Gasteiger charge is -2.10. The number of aliphatic carboxylic acids is 1. The van der Waals surface area contributed by atoms with Crippen molar-refractivity contribution in [2.75, 3.05) is 20.3 Å². The van der Waals surface area contributed by atoms with Crippen LogP contribution in [0.25, 0.3) is 0 Å². The molecular formula is C7H12O4. The SMILES string of the molecule is C=CCOC(COC)C(=O)O. The van der Waals surface area contributed by atoms with Gasteiger partial charge in [-0.05, 0) is 0 Å². The first kappa shape index (κ1) is 10.1. The van der Waals surface area contributed by atoms with Crippen LogP contribution in [0.15, 0.2) is 12.7 Å². The van der Waals surface area contributed by atoms with Gasteiger partial charge in [0.15, 0.2) is 6.10 Å². The molecule has 0 aromatic carbocycles. The quantitative estimate of drug-likeness (QED) is 0.567. The van der Waals surface area contributed by atoms with E-state index in [1.807, 2.05) is 0 Å². The Morgan fingerprint density at radius 1 is 1.82 bits per heavy atom. The molecule has 0 aromatic heterocycles. The molecule has 1 unspecified atom stereocenters. The van der Waals surface area contributed by atoms with Crippen LogP contribution in [0.3, 0.4) is 0 Å². The van der Waals surface area contributed by atoms with Crippen LogP contribution < -0.4 is 0 Å². The Morgan fingerprint density at radius 3 is 2.82 bits per heavy atom. The van der Waals surface area contributed by atoms with Crippen LogP contribution in [-0.4, -0.2) is 37.5 Å². The molecule has 0 spiro atoms. The average molecular weight is 160 g/mol. The summed E-state index contributed by atoms with van der Waals surface area (Å²) in [5.74, 6) is -1.02. The van der Waals surface area contributed by atoms with Gasteiger partial charge in [-0.3, -0.25) is 0 Å². The van der Waals surface area contributed by atoms with Crippen LogP contribution in [0.1, 0.15) is 0 Å². The van der Waals surface area contributed by atoms with E-state index in [9.17, 15) is 4.79 Å². The predicted octanol–water partition coefficient (Wildman–Crippen LogP) is 0.289. The van der Waals surface area contributed by atoms with E-state index < -0.39 is 12.1 Å². The monoisotopic (exact) mass is 160 g/mol. The highest BCUT2D eigenvalue weighted by Gasteiger charge is 2.16. The van der Waals surface area contributed by atoms with Crippen LogP contribution in [0.2, 0.25) is 0 Å². The summed E-state index contributed by atoms with van der Waals surface area (Å²) >= 11 is 0. The van der Waals surface area contributed by atoms with E-state index in [2.05, 4.69) is 11.3 Å². The maximum atomic E-state index is 10.4. The van der Waals surface area contributed by atoms with E-state index in [0.29, 0.717) is 0 Å². The molecule has 1 atom stereocenters. The number of methoxy groups -OCH3 is 1. The lowest BCUT2D eigenvalue weighted by Crippen LogP contribution is -2.28. The van der Waals surface area contributed by atoms with Crippen LogP contribution in [-0.2, 0) is 14.3 Å². The third kappa shape index (κ3) is 4.52. The first-order chi connectivity index (χ1) is 5.22. The highest BCUT2D eigenvalue weighted by Crippen LogP contribution is 1.92. The maximum Gasteiger partial charge on any atom is 0.335 e. The second-order valence-corrected chi connectivity index (χ2v) is 1.90. The molecule has 11 heavy (non-hydrogen) atoms. The summed E-state index contributed by atoms with van der Waals surface area (Å²) in [5.41, 5.74) is 0. The zero-order valence-electron chi connectivity index (χ0n) is 6.45. The van der Waals surface area contributed by atoms with E-state index in [1.165, 1.54) is 13.2 Å². The number of hydrogen-bond donors (Lipinski definition) is 1. The number of ether oxygens (including phenoxy) is 2. The number of carbonyl (C=O) groups is 1. The van der Waals surface area contributed by atoms with E-state index in [0.717, 1.165) is 0 Å². The molecule has 0 amide bonds. The second-order valence-electron chi connectivity index (χ2n) is 1.90. The molecule has 0 bridgehead atoms. The van der Waals surface area contributed by atoms with Crippen molar-refractivity contribution in [3.63, 3.8) is 0 Å². The van der Waals surface area contributed by atoms with Gasteiger partial charge in [-0.2, -0.15) is 0 Å². The van der Waals surface area contributed by atoms with Gasteiger partial charge >= 0.3 is 5.97 Å². The largest absolute Gasteiger partial charge is 0.479 e. The van der Waals surface area contributed by atoms with Gasteiger partial charge in [-0.15, -0.1) is 6.58 Å². The minimum atomic E-state index is -1.02. The van der Waals surface area contributed by atoms with Crippen molar-refractivity contribution < 1.29 is 19.4 Å². The van der Waals surface area contributed by atoms with Crippen LogP contribution in [0.4, 0.5) is 0 Å². The Balaban J connectivity index is 3.68. The highest BCUT2D eigenvalue weighted by molar-refractivity contribution is 5.72. The average Bonchev–Trinajstić information content (AvgIpc) is 1.97. The van der Waals surface area contributed by atoms with Crippen molar-refractivity contribution in [3.8, 4) is 0 Å². The van der Waals surface area contributed by atoms with Crippen molar-refractivity contribution in [3.05, 3.63) is 12.7 Å². The van der Waals surface area contributed by atoms with Crippen molar-refractivity contribution in [1.29, 1.82) is 0 Å². The summed E-state index contributed by atoms with van der Waals surface area (Å²) in [7, 11) is 1.42. The molecule has 0 radical (unpaired) electrons. The zero-order valence-corrected chi connectivity index (χ0v) is 6.45. The third-order valence-corrected chi connectivity index (χ3v) is 1.01. The summed E-state index contributed by atoms with van der Waals surface area (Å²) in [6.07, 6.45) is 0.601. The fourth-order valence-electron chi connectivity index (χ4n) is 0.526. The van der Waals surface area contributed by atoms with Gasteiger partial charge in [0, 0.05) is 7.11 Å². The maximum absolute atomic E-state index is 10.4. The molecule has 0 rings (SSSR count). The van der Waals surface area contributed by atoms with Gasteiger partial charge in [-0.1, -0.05) is 6.08 Å². The minimum Gasteiger partial charge on any atom is -0.479 e. The molecule has 4 nitrogen and oxygen atoms in total. The summed E-state index contributed by atoms with van der Waals surface area (Å²) in [5, 5.41) is 8.49. The molecule has 64 valence electrons. The Morgan fingerprint density at radius 2 is 2.45 bits per heavy atom. The predicted molar refractivity (Wildman–Crippen MR) is 39.4 cm³/mol. The summed E-state index contributed by atoms with van der Waals surface area (Å²) in [4.78, 5) is 10.4. The Bertz CT molecular complexity index is 132. The molecule has 1 N–H and O–H groups in total. The van der Waals surface area contributed by atoms with E-state index in [1.54, 1.807) is 0 Å². The van der Waals surface area contributed by atoms with Gasteiger partial charge in [0.25, 0.3) is 0 Å². The lowest BCUT2D eigenvalue weighted by atomic mass is 10.4. The molecule has 0 saturated carbocycles. The number of carboxylic acid groups (broad SMARTS) is 1. The van der Waals surface area contributed by atoms with Gasteiger partial charge in [-0.25, -0.2) is 4.79 Å². The molecule has 0 fully saturated rings. The zero-order chi connectivity index (χ0) is 8.69. The third-order valence-electron chi connectivity index (χ3n) is 1.01. The molecule has 0 aliphatic rings. The standard InChI is InChI=1S/C7H12O4/c1-3-4-11-6(5-10-2)7(8)9/h3,6H,1,4-5H2,2H3,(H,8,9). The molecule has 4 heteroatoms. The smallest absolute Gasteiger partial charge is 0.335 e. The number of carboxylic acids is 1. The Hall–Kier alpha value is -0.870. The van der Waals surface area contributed by atoms with Crippen LogP contribution in [0.5, 0.6) is 0 Å². The Kier molecular flexibility index (Phi) is 5.42. The second kappa shape index (κ2) is 5.88. The molecule has 0 saturated heterocycles. The van der Waals surface area contributed by atoms with E-state index in [-0.39, 0.29) is 13.2 Å². The van der Waals surface area contributed by atoms with E-state index in [4.69, 9.17) is 9.84 Å². The number of rotatable bonds is 6. The van der Waals surface area contributed by atoms with Gasteiger partial charge in [0.2, 0.25) is 0 Å². The molecular weight excluding hydrogens is 148 g/mol.